The lowest BCUT2D eigenvalue weighted by Gasteiger charge is -2.09. The molecule has 3 nitrogen and oxygen atoms in total. The molecule has 0 unspecified atom stereocenters. The van der Waals surface area contributed by atoms with E-state index >= 15 is 0 Å². The predicted octanol–water partition coefficient (Wildman–Crippen LogP) is 4.41. The van der Waals surface area contributed by atoms with Gasteiger partial charge in [-0.25, -0.2) is 9.18 Å². The Bertz CT molecular complexity index is 659. The highest BCUT2D eigenvalue weighted by Gasteiger charge is 2.11. The van der Waals surface area contributed by atoms with Gasteiger partial charge in [0.15, 0.2) is 0 Å². The number of ether oxygens (including phenoxy) is 1. The summed E-state index contributed by atoms with van der Waals surface area (Å²) in [5.41, 5.74) is 0.122. The van der Waals surface area contributed by atoms with E-state index in [1.807, 2.05) is 0 Å². The second-order valence-corrected chi connectivity index (χ2v) is 4.83. The first-order valence-electron chi connectivity index (χ1n) is 5.57. The van der Waals surface area contributed by atoms with Gasteiger partial charge in [0.1, 0.15) is 18.2 Å². The molecule has 0 aliphatic carbocycles. The van der Waals surface area contributed by atoms with Crippen molar-refractivity contribution in [3.05, 3.63) is 63.4 Å². The summed E-state index contributed by atoms with van der Waals surface area (Å²) < 4.78 is 18.9. The fourth-order valence-corrected chi connectivity index (χ4v) is 2.04. The lowest BCUT2D eigenvalue weighted by molar-refractivity contribution is 0.0692. The molecule has 0 saturated heterocycles. The Morgan fingerprint density at radius 3 is 2.55 bits per heavy atom. The molecule has 0 radical (unpaired) electrons. The standard InChI is InChI=1S/C14H9Cl2FO3/c15-9-2-4-13(11(16)6-9)20-7-8-1-3-10(14(18)19)12(17)5-8/h1-6H,7H2,(H,18,19). The number of halogens is 3. The zero-order chi connectivity index (χ0) is 14.7. The summed E-state index contributed by atoms with van der Waals surface area (Å²) in [4.78, 5) is 10.7. The highest BCUT2D eigenvalue weighted by molar-refractivity contribution is 6.35. The summed E-state index contributed by atoms with van der Waals surface area (Å²) in [5.74, 6) is -1.70. The smallest absolute Gasteiger partial charge is 0.338 e. The average molecular weight is 315 g/mol. The number of carboxylic acid groups (broad SMARTS) is 1. The van der Waals surface area contributed by atoms with Gasteiger partial charge in [-0.1, -0.05) is 29.3 Å². The summed E-state index contributed by atoms with van der Waals surface area (Å²) in [7, 11) is 0. The van der Waals surface area contributed by atoms with Crippen LogP contribution in [0.25, 0.3) is 0 Å². The minimum Gasteiger partial charge on any atom is -0.487 e. The van der Waals surface area contributed by atoms with Gasteiger partial charge >= 0.3 is 5.97 Å². The number of carboxylic acids is 1. The van der Waals surface area contributed by atoms with E-state index in [0.717, 1.165) is 6.07 Å². The van der Waals surface area contributed by atoms with Crippen LogP contribution < -0.4 is 4.74 Å². The fourth-order valence-electron chi connectivity index (χ4n) is 1.58. The van der Waals surface area contributed by atoms with E-state index in [-0.39, 0.29) is 12.2 Å². The van der Waals surface area contributed by atoms with Crippen LogP contribution in [-0.2, 0) is 6.61 Å². The molecule has 0 atom stereocenters. The maximum Gasteiger partial charge on any atom is 0.338 e. The van der Waals surface area contributed by atoms with Gasteiger partial charge in [-0.3, -0.25) is 0 Å². The van der Waals surface area contributed by atoms with Crippen LogP contribution in [0.5, 0.6) is 5.75 Å². The van der Waals surface area contributed by atoms with E-state index in [4.69, 9.17) is 33.0 Å². The average Bonchev–Trinajstić information content (AvgIpc) is 2.37. The Hall–Kier alpha value is -1.78. The van der Waals surface area contributed by atoms with Crippen LogP contribution in [0.3, 0.4) is 0 Å². The van der Waals surface area contributed by atoms with E-state index in [9.17, 15) is 9.18 Å². The summed E-state index contributed by atoms with van der Waals surface area (Å²) in [6.07, 6.45) is 0. The van der Waals surface area contributed by atoms with Crippen molar-refractivity contribution in [3.8, 4) is 5.75 Å². The Balaban J connectivity index is 2.11. The molecule has 0 heterocycles. The van der Waals surface area contributed by atoms with Gasteiger partial charge in [0.2, 0.25) is 0 Å². The normalized spacial score (nSPS) is 10.3. The number of hydrogen-bond donors (Lipinski definition) is 1. The highest BCUT2D eigenvalue weighted by Crippen LogP contribution is 2.28. The monoisotopic (exact) mass is 314 g/mol. The van der Waals surface area contributed by atoms with Gasteiger partial charge in [-0.15, -0.1) is 0 Å². The van der Waals surface area contributed by atoms with Gasteiger partial charge in [0.25, 0.3) is 0 Å². The zero-order valence-corrected chi connectivity index (χ0v) is 11.6. The number of carbonyl (C=O) groups is 1. The van der Waals surface area contributed by atoms with E-state index in [1.165, 1.54) is 18.2 Å². The van der Waals surface area contributed by atoms with Crippen molar-refractivity contribution >= 4 is 29.2 Å². The second-order valence-electron chi connectivity index (χ2n) is 3.98. The molecule has 2 rings (SSSR count). The van der Waals surface area contributed by atoms with Crippen LogP contribution >= 0.6 is 23.2 Å². The molecule has 20 heavy (non-hydrogen) atoms. The Morgan fingerprint density at radius 1 is 1.20 bits per heavy atom. The van der Waals surface area contributed by atoms with Crippen molar-refractivity contribution in [3.63, 3.8) is 0 Å². The van der Waals surface area contributed by atoms with Gasteiger partial charge in [-0.05, 0) is 35.9 Å². The molecule has 0 spiro atoms. The van der Waals surface area contributed by atoms with Crippen LogP contribution in [0.2, 0.25) is 10.0 Å². The highest BCUT2D eigenvalue weighted by atomic mass is 35.5. The Morgan fingerprint density at radius 2 is 1.95 bits per heavy atom. The molecule has 0 fully saturated rings. The minimum atomic E-state index is -1.31. The second kappa shape index (κ2) is 6.11. The molecule has 1 N–H and O–H groups in total. The molecule has 0 amide bonds. The molecule has 0 bridgehead atoms. The maximum absolute atomic E-state index is 13.5. The topological polar surface area (TPSA) is 46.5 Å². The Labute approximate surface area is 124 Å². The molecule has 2 aromatic rings. The lowest BCUT2D eigenvalue weighted by atomic mass is 10.1. The van der Waals surface area contributed by atoms with Gasteiger partial charge in [0.05, 0.1) is 10.6 Å². The number of benzene rings is 2. The molecular weight excluding hydrogens is 306 g/mol. The van der Waals surface area contributed by atoms with Gasteiger partial charge in [-0.2, -0.15) is 0 Å². The van der Waals surface area contributed by atoms with Crippen LogP contribution in [0.4, 0.5) is 4.39 Å². The quantitative estimate of drug-likeness (QED) is 0.909. The first-order chi connectivity index (χ1) is 9.47. The summed E-state index contributed by atoms with van der Waals surface area (Å²) in [6, 6.07) is 8.56. The molecule has 104 valence electrons. The van der Waals surface area contributed by atoms with Crippen molar-refractivity contribution in [1.29, 1.82) is 0 Å². The molecular formula is C14H9Cl2FO3. The molecule has 0 aliphatic heterocycles. The zero-order valence-electron chi connectivity index (χ0n) is 10.1. The molecule has 0 aromatic heterocycles. The predicted molar refractivity (Wildman–Crippen MR) is 74.2 cm³/mol. The fraction of sp³-hybridized carbons (Fsp3) is 0.0714. The van der Waals surface area contributed by atoms with Crippen molar-refractivity contribution in [2.45, 2.75) is 6.61 Å². The third kappa shape index (κ3) is 3.40. The number of aromatic carboxylic acids is 1. The van der Waals surface area contributed by atoms with Crippen LogP contribution in [0.1, 0.15) is 15.9 Å². The number of rotatable bonds is 4. The van der Waals surface area contributed by atoms with Crippen molar-refractivity contribution in [1.82, 2.24) is 0 Å². The summed E-state index contributed by atoms with van der Waals surface area (Å²) in [5, 5.41) is 9.56. The summed E-state index contributed by atoms with van der Waals surface area (Å²) >= 11 is 11.7. The Kier molecular flexibility index (Phi) is 4.47. The van der Waals surface area contributed by atoms with Crippen molar-refractivity contribution < 1.29 is 19.0 Å². The summed E-state index contributed by atoms with van der Waals surface area (Å²) in [6.45, 7) is 0.0676. The van der Waals surface area contributed by atoms with Gasteiger partial charge < -0.3 is 9.84 Å². The lowest BCUT2D eigenvalue weighted by Crippen LogP contribution is -2.03. The third-order valence-corrected chi connectivity index (χ3v) is 3.08. The van der Waals surface area contributed by atoms with Gasteiger partial charge in [0, 0.05) is 5.02 Å². The van der Waals surface area contributed by atoms with E-state index in [0.29, 0.717) is 21.4 Å². The third-order valence-electron chi connectivity index (χ3n) is 2.55. The molecule has 0 aliphatic rings. The van der Waals surface area contributed by atoms with Crippen LogP contribution in [-0.4, -0.2) is 11.1 Å². The van der Waals surface area contributed by atoms with Crippen LogP contribution in [0.15, 0.2) is 36.4 Å². The molecule has 6 heteroatoms. The molecule has 0 saturated carbocycles. The van der Waals surface area contributed by atoms with Crippen molar-refractivity contribution in [2.75, 3.05) is 0 Å². The van der Waals surface area contributed by atoms with E-state index < -0.39 is 11.8 Å². The first kappa shape index (κ1) is 14.6. The van der Waals surface area contributed by atoms with E-state index in [2.05, 4.69) is 0 Å². The van der Waals surface area contributed by atoms with Crippen molar-refractivity contribution in [2.24, 2.45) is 0 Å². The number of hydrogen-bond acceptors (Lipinski definition) is 2. The van der Waals surface area contributed by atoms with E-state index in [1.54, 1.807) is 12.1 Å². The SMILES string of the molecule is O=C(O)c1ccc(COc2ccc(Cl)cc2Cl)cc1F. The minimum absolute atomic E-state index is 0.0676. The largest absolute Gasteiger partial charge is 0.487 e. The maximum atomic E-state index is 13.5. The van der Waals surface area contributed by atoms with Crippen LogP contribution in [0, 0.1) is 5.82 Å². The first-order valence-corrected chi connectivity index (χ1v) is 6.32. The molecule has 2 aromatic carbocycles.